The van der Waals surface area contributed by atoms with Gasteiger partial charge in [0.05, 0.1) is 6.26 Å². The quantitative estimate of drug-likeness (QED) is 0.748. The van der Waals surface area contributed by atoms with Crippen molar-refractivity contribution in [2.45, 2.75) is 0 Å². The van der Waals surface area contributed by atoms with Crippen LogP contribution in [0.3, 0.4) is 0 Å². The van der Waals surface area contributed by atoms with Crippen LogP contribution in [0.2, 0.25) is 0 Å². The van der Waals surface area contributed by atoms with E-state index >= 15 is 0 Å². The van der Waals surface area contributed by atoms with Gasteiger partial charge in [0.2, 0.25) is 0 Å². The number of carbonyl (C=O) groups is 1. The lowest BCUT2D eigenvalue weighted by Gasteiger charge is -1.98. The third-order valence-electron chi connectivity index (χ3n) is 2.01. The molecule has 0 aliphatic rings. The molecule has 0 saturated carbocycles. The highest BCUT2D eigenvalue weighted by atomic mass is 16.5. The molecular formula is C15H14O2. The van der Waals surface area contributed by atoms with Gasteiger partial charge in [-0.1, -0.05) is 48.5 Å². The van der Waals surface area contributed by atoms with Crippen LogP contribution < -0.4 is 4.74 Å². The van der Waals surface area contributed by atoms with E-state index in [1.807, 2.05) is 73.5 Å². The number of hydrogen-bond donors (Lipinski definition) is 0. The lowest BCUT2D eigenvalue weighted by Crippen LogP contribution is -1.80. The first-order valence-corrected chi connectivity index (χ1v) is 5.17. The van der Waals surface area contributed by atoms with E-state index in [2.05, 4.69) is 0 Å². The number of carbonyl (C=O) groups excluding carboxylic acids is 1. The molecule has 0 fully saturated rings. The van der Waals surface area contributed by atoms with Gasteiger partial charge in [0, 0.05) is 0 Å². The maximum Gasteiger partial charge on any atom is 0.126 e. The molecule has 0 N–H and O–H groups in total. The second-order valence-electron chi connectivity index (χ2n) is 3.14. The van der Waals surface area contributed by atoms with Gasteiger partial charge in [0.15, 0.2) is 0 Å². The Kier molecular flexibility index (Phi) is 5.89. The van der Waals surface area contributed by atoms with Crippen molar-refractivity contribution >= 4 is 12.9 Å². The van der Waals surface area contributed by atoms with E-state index in [1.54, 1.807) is 6.26 Å². The molecule has 2 aromatic carbocycles. The summed E-state index contributed by atoms with van der Waals surface area (Å²) in [6.45, 7) is 2.00. The summed E-state index contributed by atoms with van der Waals surface area (Å²) in [5, 5.41) is 0. The van der Waals surface area contributed by atoms with Gasteiger partial charge in [-0.2, -0.15) is 0 Å². The third-order valence-corrected chi connectivity index (χ3v) is 2.01. The molecule has 0 radical (unpaired) electrons. The average Bonchev–Trinajstić information content (AvgIpc) is 2.43. The first kappa shape index (κ1) is 12.7. The van der Waals surface area contributed by atoms with Gasteiger partial charge in [-0.3, -0.25) is 0 Å². The van der Waals surface area contributed by atoms with E-state index in [1.165, 1.54) is 0 Å². The number of benzene rings is 2. The Morgan fingerprint density at radius 1 is 0.824 bits per heavy atom. The molecule has 0 unspecified atom stereocenters. The zero-order chi connectivity index (χ0) is 12.3. The second kappa shape index (κ2) is 7.88. The van der Waals surface area contributed by atoms with Gasteiger partial charge >= 0.3 is 0 Å². The van der Waals surface area contributed by atoms with Crippen molar-refractivity contribution in [3.8, 4) is 5.75 Å². The Morgan fingerprint density at radius 2 is 1.35 bits per heavy atom. The van der Waals surface area contributed by atoms with Crippen LogP contribution in [-0.4, -0.2) is 6.79 Å². The summed E-state index contributed by atoms with van der Waals surface area (Å²) >= 11 is 0. The Morgan fingerprint density at radius 3 is 1.94 bits per heavy atom. The first-order chi connectivity index (χ1) is 8.45. The van der Waals surface area contributed by atoms with Crippen molar-refractivity contribution in [2.75, 3.05) is 0 Å². The number of rotatable bonds is 3. The van der Waals surface area contributed by atoms with Crippen LogP contribution in [0.25, 0.3) is 6.08 Å². The SMILES string of the molecule is C(=Cc1ccccc1)Oc1ccccc1.C=O. The van der Waals surface area contributed by atoms with Gasteiger partial charge in [-0.05, 0) is 23.8 Å². The minimum atomic E-state index is 0.852. The van der Waals surface area contributed by atoms with Crippen molar-refractivity contribution in [1.29, 1.82) is 0 Å². The normalized spacial score (nSPS) is 9.41. The van der Waals surface area contributed by atoms with Crippen LogP contribution in [0.4, 0.5) is 0 Å². The summed E-state index contributed by atoms with van der Waals surface area (Å²) < 4.78 is 5.43. The second-order valence-corrected chi connectivity index (χ2v) is 3.14. The van der Waals surface area contributed by atoms with E-state index < -0.39 is 0 Å². The van der Waals surface area contributed by atoms with Crippen molar-refractivity contribution < 1.29 is 9.53 Å². The highest BCUT2D eigenvalue weighted by molar-refractivity contribution is 5.48. The standard InChI is InChI=1S/C14H12O.CH2O/c1-3-7-13(8-4-1)11-12-15-14-9-5-2-6-10-14;1-2/h1-12H;1H2. The van der Waals surface area contributed by atoms with Crippen molar-refractivity contribution in [3.05, 3.63) is 72.5 Å². The monoisotopic (exact) mass is 226 g/mol. The number of para-hydroxylation sites is 1. The maximum absolute atomic E-state index is 8.00. The molecule has 2 aromatic rings. The van der Waals surface area contributed by atoms with Crippen LogP contribution in [0.15, 0.2) is 66.9 Å². The van der Waals surface area contributed by atoms with Gasteiger partial charge in [0.1, 0.15) is 12.5 Å². The fraction of sp³-hybridized carbons (Fsp3) is 0. The van der Waals surface area contributed by atoms with Crippen molar-refractivity contribution in [3.63, 3.8) is 0 Å². The molecule has 0 aliphatic heterocycles. The molecule has 2 heteroatoms. The van der Waals surface area contributed by atoms with E-state index in [4.69, 9.17) is 9.53 Å². The molecule has 0 aliphatic carbocycles. The Balaban J connectivity index is 0.000000686. The van der Waals surface area contributed by atoms with Crippen molar-refractivity contribution in [1.82, 2.24) is 0 Å². The van der Waals surface area contributed by atoms with E-state index in [-0.39, 0.29) is 0 Å². The van der Waals surface area contributed by atoms with Crippen LogP contribution >= 0.6 is 0 Å². The molecule has 0 saturated heterocycles. The largest absolute Gasteiger partial charge is 0.465 e. The molecule has 0 aromatic heterocycles. The van der Waals surface area contributed by atoms with Crippen molar-refractivity contribution in [2.24, 2.45) is 0 Å². The van der Waals surface area contributed by atoms with Gasteiger partial charge in [-0.15, -0.1) is 0 Å². The number of hydrogen-bond acceptors (Lipinski definition) is 2. The maximum atomic E-state index is 8.00. The molecular weight excluding hydrogens is 212 g/mol. The molecule has 86 valence electrons. The first-order valence-electron chi connectivity index (χ1n) is 5.17. The van der Waals surface area contributed by atoms with Crippen LogP contribution in [0, 0.1) is 0 Å². The Bertz CT molecular complexity index is 435. The average molecular weight is 226 g/mol. The molecule has 17 heavy (non-hydrogen) atoms. The van der Waals surface area contributed by atoms with E-state index in [0.717, 1.165) is 11.3 Å². The zero-order valence-corrected chi connectivity index (χ0v) is 9.45. The van der Waals surface area contributed by atoms with Crippen LogP contribution in [-0.2, 0) is 4.79 Å². The predicted octanol–water partition coefficient (Wildman–Crippen LogP) is 3.55. The van der Waals surface area contributed by atoms with Gasteiger partial charge in [-0.25, -0.2) is 0 Å². The lowest BCUT2D eigenvalue weighted by molar-refractivity contribution is -0.0979. The third kappa shape index (κ3) is 4.80. The van der Waals surface area contributed by atoms with E-state index in [0.29, 0.717) is 0 Å². The smallest absolute Gasteiger partial charge is 0.126 e. The predicted molar refractivity (Wildman–Crippen MR) is 69.7 cm³/mol. The topological polar surface area (TPSA) is 26.3 Å². The molecule has 0 atom stereocenters. The fourth-order valence-corrected chi connectivity index (χ4v) is 1.25. The highest BCUT2D eigenvalue weighted by Crippen LogP contribution is 2.09. The summed E-state index contributed by atoms with van der Waals surface area (Å²) in [7, 11) is 0. The summed E-state index contributed by atoms with van der Waals surface area (Å²) in [6.07, 6.45) is 3.64. The minimum Gasteiger partial charge on any atom is -0.465 e. The molecule has 0 heterocycles. The van der Waals surface area contributed by atoms with Crippen LogP contribution in [0.5, 0.6) is 5.75 Å². The highest BCUT2D eigenvalue weighted by Gasteiger charge is 1.86. The molecule has 0 amide bonds. The minimum absolute atomic E-state index is 0.852. The summed E-state index contributed by atoms with van der Waals surface area (Å²) in [6, 6.07) is 19.8. The molecule has 0 bridgehead atoms. The van der Waals surface area contributed by atoms with E-state index in [9.17, 15) is 0 Å². The number of ether oxygens (including phenoxy) is 1. The zero-order valence-electron chi connectivity index (χ0n) is 9.45. The Hall–Kier alpha value is -2.35. The summed E-state index contributed by atoms with van der Waals surface area (Å²) in [4.78, 5) is 8.00. The summed E-state index contributed by atoms with van der Waals surface area (Å²) in [5.74, 6) is 0.852. The summed E-state index contributed by atoms with van der Waals surface area (Å²) in [5.41, 5.74) is 1.13. The molecule has 2 nitrogen and oxygen atoms in total. The lowest BCUT2D eigenvalue weighted by atomic mass is 10.2. The molecule has 2 rings (SSSR count). The fourth-order valence-electron chi connectivity index (χ4n) is 1.25. The van der Waals surface area contributed by atoms with Gasteiger partial charge < -0.3 is 9.53 Å². The van der Waals surface area contributed by atoms with Gasteiger partial charge in [0.25, 0.3) is 0 Å². The van der Waals surface area contributed by atoms with Crippen LogP contribution in [0.1, 0.15) is 5.56 Å². The molecule has 0 spiro atoms. The Labute approximate surface area is 101 Å².